The second-order valence-electron chi connectivity index (χ2n) is 6.48. The lowest BCUT2D eigenvalue weighted by molar-refractivity contribution is -0.120. The molecule has 3 rings (SSSR count). The van der Waals surface area contributed by atoms with Gasteiger partial charge in [-0.05, 0) is 38.4 Å². The highest BCUT2D eigenvalue weighted by molar-refractivity contribution is 5.79. The number of nitrogens with one attached hydrogen (secondary N) is 2. The number of pyridine rings is 1. The molecule has 2 aromatic rings. The van der Waals surface area contributed by atoms with Crippen molar-refractivity contribution in [2.75, 3.05) is 13.1 Å². The van der Waals surface area contributed by atoms with Gasteiger partial charge in [0.15, 0.2) is 5.43 Å². The zero-order valence-corrected chi connectivity index (χ0v) is 13.7. The number of piperidine rings is 1. The van der Waals surface area contributed by atoms with E-state index < -0.39 is 0 Å². The predicted molar refractivity (Wildman–Crippen MR) is 91.4 cm³/mol. The van der Waals surface area contributed by atoms with Crippen LogP contribution in [0.4, 0.5) is 0 Å². The quantitative estimate of drug-likeness (QED) is 0.910. The molecule has 1 saturated heterocycles. The van der Waals surface area contributed by atoms with Gasteiger partial charge in [0, 0.05) is 48.7 Å². The maximum atomic E-state index is 12.3. The summed E-state index contributed by atoms with van der Waals surface area (Å²) >= 11 is 0. The maximum absolute atomic E-state index is 12.3. The molecule has 0 saturated carbocycles. The van der Waals surface area contributed by atoms with Crippen molar-refractivity contribution in [3.05, 3.63) is 45.7 Å². The first-order valence-corrected chi connectivity index (χ1v) is 8.13. The third kappa shape index (κ3) is 3.79. The predicted octanol–water partition coefficient (Wildman–Crippen LogP) is 1.94. The van der Waals surface area contributed by atoms with E-state index in [0.717, 1.165) is 48.1 Å². The van der Waals surface area contributed by atoms with Crippen LogP contribution < -0.4 is 10.7 Å². The van der Waals surface area contributed by atoms with E-state index in [1.54, 1.807) is 13.0 Å². The van der Waals surface area contributed by atoms with Gasteiger partial charge in [-0.15, -0.1) is 0 Å². The minimum absolute atomic E-state index is 0.0198. The van der Waals surface area contributed by atoms with E-state index in [0.29, 0.717) is 6.54 Å². The van der Waals surface area contributed by atoms with Gasteiger partial charge in [0.05, 0.1) is 0 Å². The fourth-order valence-corrected chi connectivity index (χ4v) is 3.35. The molecular formula is C18H23N3O2. The number of H-pyrrole nitrogens is 1. The monoisotopic (exact) mass is 313 g/mol. The summed E-state index contributed by atoms with van der Waals surface area (Å²) in [5.74, 6) is 0.0198. The summed E-state index contributed by atoms with van der Waals surface area (Å²) in [4.78, 5) is 29.2. The van der Waals surface area contributed by atoms with E-state index in [9.17, 15) is 9.59 Å². The molecule has 23 heavy (non-hydrogen) atoms. The van der Waals surface area contributed by atoms with Crippen molar-refractivity contribution in [1.29, 1.82) is 0 Å². The van der Waals surface area contributed by atoms with Gasteiger partial charge in [0.2, 0.25) is 5.91 Å². The highest BCUT2D eigenvalue weighted by Gasteiger charge is 2.20. The Morgan fingerprint density at radius 1 is 1.39 bits per heavy atom. The van der Waals surface area contributed by atoms with Gasteiger partial charge in [-0.25, -0.2) is 0 Å². The molecule has 0 aliphatic carbocycles. The van der Waals surface area contributed by atoms with Crippen LogP contribution in [0.1, 0.15) is 31.0 Å². The number of rotatable bonds is 3. The molecule has 2 heterocycles. The minimum Gasteiger partial charge on any atom is -0.357 e. The maximum Gasteiger partial charge on any atom is 0.217 e. The molecule has 0 radical (unpaired) electrons. The van der Waals surface area contributed by atoms with Crippen LogP contribution >= 0.6 is 0 Å². The van der Waals surface area contributed by atoms with Crippen LogP contribution in [0.3, 0.4) is 0 Å². The van der Waals surface area contributed by atoms with Gasteiger partial charge in [-0.1, -0.05) is 11.6 Å². The zero-order chi connectivity index (χ0) is 16.4. The van der Waals surface area contributed by atoms with Crippen LogP contribution in [0.25, 0.3) is 10.9 Å². The van der Waals surface area contributed by atoms with Crippen molar-refractivity contribution in [1.82, 2.24) is 15.2 Å². The van der Waals surface area contributed by atoms with Crippen LogP contribution in [-0.2, 0) is 11.3 Å². The average Bonchev–Trinajstić information content (AvgIpc) is 2.48. The van der Waals surface area contributed by atoms with Gasteiger partial charge in [-0.3, -0.25) is 14.5 Å². The Balaban J connectivity index is 1.77. The Morgan fingerprint density at radius 3 is 3.00 bits per heavy atom. The molecule has 0 bridgehead atoms. The lowest BCUT2D eigenvalue weighted by Gasteiger charge is -2.32. The standard InChI is InChI=1S/C18H23N3O2/c1-12-5-6-17-16(8-12)18(23)9-15(20-17)11-21-7-3-4-14(10-21)19-13(2)22/h5-6,8-9,14H,3-4,7,10-11H2,1-2H3,(H,19,22)(H,20,23). The number of aromatic nitrogens is 1. The third-order valence-electron chi connectivity index (χ3n) is 4.35. The van der Waals surface area contributed by atoms with E-state index >= 15 is 0 Å². The molecule has 1 fully saturated rings. The lowest BCUT2D eigenvalue weighted by Crippen LogP contribution is -2.46. The molecule has 1 unspecified atom stereocenters. The van der Waals surface area contributed by atoms with E-state index in [4.69, 9.17) is 0 Å². The average molecular weight is 313 g/mol. The van der Waals surface area contributed by atoms with Crippen molar-refractivity contribution in [3.63, 3.8) is 0 Å². The highest BCUT2D eigenvalue weighted by Crippen LogP contribution is 2.15. The minimum atomic E-state index is 0.0198. The Morgan fingerprint density at radius 2 is 2.22 bits per heavy atom. The zero-order valence-electron chi connectivity index (χ0n) is 13.7. The number of hydrogen-bond acceptors (Lipinski definition) is 3. The summed E-state index contributed by atoms with van der Waals surface area (Å²) < 4.78 is 0. The Bertz CT molecular complexity index is 781. The summed E-state index contributed by atoms with van der Waals surface area (Å²) in [6.45, 7) is 6.07. The molecular weight excluding hydrogens is 290 g/mol. The molecule has 0 spiro atoms. The van der Waals surface area contributed by atoms with Gasteiger partial charge in [-0.2, -0.15) is 0 Å². The van der Waals surface area contributed by atoms with Crippen LogP contribution in [0, 0.1) is 6.92 Å². The van der Waals surface area contributed by atoms with E-state index in [2.05, 4.69) is 15.2 Å². The Hall–Kier alpha value is -2.14. The summed E-state index contributed by atoms with van der Waals surface area (Å²) in [5.41, 5.74) is 2.96. The fourth-order valence-electron chi connectivity index (χ4n) is 3.35. The number of benzene rings is 1. The van der Waals surface area contributed by atoms with Crippen LogP contribution in [0.2, 0.25) is 0 Å². The van der Waals surface area contributed by atoms with Crippen molar-refractivity contribution in [2.24, 2.45) is 0 Å². The second kappa shape index (κ2) is 6.54. The van der Waals surface area contributed by atoms with E-state index in [1.165, 1.54) is 0 Å². The number of aryl methyl sites for hydroxylation is 1. The summed E-state index contributed by atoms with van der Waals surface area (Å²) in [6, 6.07) is 7.80. The van der Waals surface area contributed by atoms with E-state index in [1.807, 2.05) is 25.1 Å². The van der Waals surface area contributed by atoms with E-state index in [-0.39, 0.29) is 17.4 Å². The SMILES string of the molecule is CC(=O)NC1CCCN(Cc2cc(=O)c3cc(C)ccc3[nH]2)C1. The Kier molecular flexibility index (Phi) is 4.48. The normalized spacial score (nSPS) is 19.0. The van der Waals surface area contributed by atoms with Crippen LogP contribution in [-0.4, -0.2) is 34.9 Å². The van der Waals surface area contributed by atoms with Crippen LogP contribution in [0.15, 0.2) is 29.1 Å². The second-order valence-corrected chi connectivity index (χ2v) is 6.48. The van der Waals surface area contributed by atoms with Gasteiger partial charge >= 0.3 is 0 Å². The lowest BCUT2D eigenvalue weighted by atomic mass is 10.1. The molecule has 1 aromatic heterocycles. The number of amides is 1. The summed E-state index contributed by atoms with van der Waals surface area (Å²) in [7, 11) is 0. The fraction of sp³-hybridized carbons (Fsp3) is 0.444. The molecule has 1 amide bonds. The molecule has 122 valence electrons. The summed E-state index contributed by atoms with van der Waals surface area (Å²) in [6.07, 6.45) is 2.07. The first-order chi connectivity index (χ1) is 11.0. The molecule has 5 heteroatoms. The molecule has 1 aromatic carbocycles. The van der Waals surface area contributed by atoms with Gasteiger partial charge < -0.3 is 10.3 Å². The van der Waals surface area contributed by atoms with Crippen LogP contribution in [0.5, 0.6) is 0 Å². The number of aromatic amines is 1. The number of carbonyl (C=O) groups is 1. The van der Waals surface area contributed by atoms with Crippen molar-refractivity contribution < 1.29 is 4.79 Å². The Labute approximate surface area is 135 Å². The molecule has 1 aliphatic rings. The smallest absolute Gasteiger partial charge is 0.217 e. The molecule has 1 atom stereocenters. The third-order valence-corrected chi connectivity index (χ3v) is 4.35. The molecule has 5 nitrogen and oxygen atoms in total. The number of fused-ring (bicyclic) bond motifs is 1. The first-order valence-electron chi connectivity index (χ1n) is 8.13. The number of hydrogen-bond donors (Lipinski definition) is 2. The summed E-state index contributed by atoms with van der Waals surface area (Å²) in [5, 5.41) is 3.73. The van der Waals surface area contributed by atoms with Crippen molar-refractivity contribution in [2.45, 2.75) is 39.3 Å². The first kappa shape index (κ1) is 15.7. The van der Waals surface area contributed by atoms with Gasteiger partial charge in [0.1, 0.15) is 0 Å². The highest BCUT2D eigenvalue weighted by atomic mass is 16.1. The van der Waals surface area contributed by atoms with Crippen molar-refractivity contribution in [3.8, 4) is 0 Å². The largest absolute Gasteiger partial charge is 0.357 e. The van der Waals surface area contributed by atoms with Crippen molar-refractivity contribution >= 4 is 16.8 Å². The number of nitrogens with zero attached hydrogens (tertiary/aromatic N) is 1. The number of carbonyl (C=O) groups excluding carboxylic acids is 1. The molecule has 2 N–H and O–H groups in total. The number of likely N-dealkylation sites (tertiary alicyclic amines) is 1. The van der Waals surface area contributed by atoms with Gasteiger partial charge in [0.25, 0.3) is 0 Å². The molecule has 1 aliphatic heterocycles. The topological polar surface area (TPSA) is 65.2 Å².